The summed E-state index contributed by atoms with van der Waals surface area (Å²) in [6, 6.07) is 10.1. The lowest BCUT2D eigenvalue weighted by Crippen LogP contribution is -2.35. The van der Waals surface area contributed by atoms with Gasteiger partial charge < -0.3 is 24.3 Å². The maximum atomic E-state index is 12.9. The number of fused-ring (bicyclic) bond motifs is 1. The van der Waals surface area contributed by atoms with Crippen LogP contribution in [0.4, 0.5) is 0 Å². The van der Waals surface area contributed by atoms with Crippen molar-refractivity contribution in [3.63, 3.8) is 0 Å². The van der Waals surface area contributed by atoms with E-state index in [-0.39, 0.29) is 11.3 Å². The average molecular weight is 379 g/mol. The minimum Gasteiger partial charge on any atom is -0.507 e. The Labute approximate surface area is 161 Å². The molecule has 1 amide bonds. The third-order valence-corrected chi connectivity index (χ3v) is 4.99. The number of H-pyrrole nitrogens is 1. The van der Waals surface area contributed by atoms with E-state index >= 15 is 0 Å². The van der Waals surface area contributed by atoms with Gasteiger partial charge in [0.05, 0.1) is 11.8 Å². The van der Waals surface area contributed by atoms with E-state index in [0.29, 0.717) is 24.4 Å². The van der Waals surface area contributed by atoms with Crippen LogP contribution in [-0.2, 0) is 9.59 Å². The lowest BCUT2D eigenvalue weighted by atomic mass is 9.99. The van der Waals surface area contributed by atoms with Crippen molar-refractivity contribution in [1.82, 2.24) is 14.8 Å². The molecule has 0 unspecified atom stereocenters. The molecule has 1 saturated heterocycles. The predicted octanol–water partition coefficient (Wildman–Crippen LogP) is 2.74. The second kappa shape index (κ2) is 7.01. The van der Waals surface area contributed by atoms with Crippen molar-refractivity contribution >= 4 is 28.4 Å². The third kappa shape index (κ3) is 2.90. The van der Waals surface area contributed by atoms with Crippen LogP contribution >= 0.6 is 0 Å². The van der Waals surface area contributed by atoms with Crippen LogP contribution < -0.4 is 0 Å². The van der Waals surface area contributed by atoms with Crippen molar-refractivity contribution in [2.45, 2.75) is 6.04 Å². The second-order valence-corrected chi connectivity index (χ2v) is 7.06. The molecule has 0 bridgehead atoms. The summed E-state index contributed by atoms with van der Waals surface area (Å²) in [5, 5.41) is 11.8. The van der Waals surface area contributed by atoms with E-state index in [1.54, 1.807) is 18.3 Å². The number of likely N-dealkylation sites (tertiary alicyclic amines) is 1. The molecule has 4 rings (SSSR count). The van der Waals surface area contributed by atoms with Gasteiger partial charge in [0.1, 0.15) is 17.6 Å². The zero-order valence-corrected chi connectivity index (χ0v) is 15.7. The number of Topliss-reactive ketones (excluding diaryl/α,β-unsaturated/α-hetero) is 1. The fourth-order valence-corrected chi connectivity index (χ4v) is 3.57. The van der Waals surface area contributed by atoms with Crippen molar-refractivity contribution in [3.8, 4) is 0 Å². The molecule has 1 aliphatic heterocycles. The molecule has 0 aliphatic carbocycles. The number of rotatable bonds is 5. The number of benzene rings is 1. The smallest absolute Gasteiger partial charge is 0.295 e. The number of aliphatic hydroxyl groups excluding tert-OH is 1. The van der Waals surface area contributed by atoms with E-state index < -0.39 is 17.7 Å². The zero-order chi connectivity index (χ0) is 19.8. The first kappa shape index (κ1) is 18.1. The molecule has 2 aromatic heterocycles. The lowest BCUT2D eigenvalue weighted by Gasteiger charge is -2.24. The number of carbonyl (C=O) groups excluding carboxylic acids is 2. The molecule has 1 aliphatic rings. The number of aromatic nitrogens is 1. The van der Waals surface area contributed by atoms with E-state index in [0.717, 1.165) is 10.9 Å². The number of aliphatic hydroxyl groups is 1. The van der Waals surface area contributed by atoms with E-state index in [1.807, 2.05) is 43.3 Å². The van der Waals surface area contributed by atoms with Gasteiger partial charge in [-0.15, -0.1) is 0 Å². The number of hydrogen-bond acceptors (Lipinski definition) is 5. The standard InChI is InChI=1S/C21H21N3O4/c1-23(2)9-10-24-18(16-8-5-11-28-16)17(20(26)21(24)27)19(25)14-12-22-15-7-4-3-6-13(14)15/h3-8,11-12,18,22,25H,9-10H2,1-2H3/b19-17+/t18-/m1/s1. The van der Waals surface area contributed by atoms with Crippen LogP contribution in [0.2, 0.25) is 0 Å². The summed E-state index contributed by atoms with van der Waals surface area (Å²) in [5.41, 5.74) is 1.36. The maximum Gasteiger partial charge on any atom is 0.295 e. The molecule has 28 heavy (non-hydrogen) atoms. The number of nitrogens with zero attached hydrogens (tertiary/aromatic N) is 2. The summed E-state index contributed by atoms with van der Waals surface area (Å²) in [6.45, 7) is 0.922. The highest BCUT2D eigenvalue weighted by molar-refractivity contribution is 6.46. The van der Waals surface area contributed by atoms with Crippen LogP contribution in [0, 0.1) is 0 Å². The number of likely N-dealkylation sites (N-methyl/N-ethyl adjacent to an activating group) is 1. The Bertz CT molecular complexity index is 1060. The molecule has 7 nitrogen and oxygen atoms in total. The maximum absolute atomic E-state index is 12.9. The monoisotopic (exact) mass is 379 g/mol. The summed E-state index contributed by atoms with van der Waals surface area (Å²) in [6.07, 6.45) is 3.14. The molecule has 1 atom stereocenters. The number of hydrogen-bond donors (Lipinski definition) is 2. The molecule has 3 aromatic rings. The molecular weight excluding hydrogens is 358 g/mol. The second-order valence-electron chi connectivity index (χ2n) is 7.06. The van der Waals surface area contributed by atoms with Gasteiger partial charge in [-0.25, -0.2) is 0 Å². The highest BCUT2D eigenvalue weighted by atomic mass is 16.3. The molecule has 0 radical (unpaired) electrons. The van der Waals surface area contributed by atoms with Gasteiger partial charge in [-0.3, -0.25) is 9.59 Å². The number of aromatic amines is 1. The first-order valence-electron chi connectivity index (χ1n) is 9.02. The number of furan rings is 1. The Hall–Kier alpha value is -3.32. The minimum absolute atomic E-state index is 0.0449. The summed E-state index contributed by atoms with van der Waals surface area (Å²) < 4.78 is 5.52. The Morgan fingerprint density at radius 3 is 2.71 bits per heavy atom. The van der Waals surface area contributed by atoms with Gasteiger partial charge in [0, 0.05) is 35.8 Å². The van der Waals surface area contributed by atoms with Crippen LogP contribution in [0.25, 0.3) is 16.7 Å². The van der Waals surface area contributed by atoms with Gasteiger partial charge in [-0.05, 0) is 32.3 Å². The van der Waals surface area contributed by atoms with Crippen LogP contribution in [0.5, 0.6) is 0 Å². The quantitative estimate of drug-likeness (QED) is 0.404. The number of carbonyl (C=O) groups is 2. The Balaban J connectivity index is 1.86. The van der Waals surface area contributed by atoms with Gasteiger partial charge >= 0.3 is 0 Å². The van der Waals surface area contributed by atoms with Gasteiger partial charge in [0.2, 0.25) is 0 Å². The fraction of sp³-hybridized carbons (Fsp3) is 0.238. The van der Waals surface area contributed by atoms with E-state index in [1.165, 1.54) is 11.2 Å². The summed E-state index contributed by atoms with van der Waals surface area (Å²) in [7, 11) is 3.79. The summed E-state index contributed by atoms with van der Waals surface area (Å²) in [4.78, 5) is 32.1. The SMILES string of the molecule is CN(C)CCN1C(=O)C(=O)/C(=C(/O)c2c[nH]c3ccccc23)[C@H]1c1ccco1. The van der Waals surface area contributed by atoms with Gasteiger partial charge in [0.25, 0.3) is 11.7 Å². The minimum atomic E-state index is -0.761. The van der Waals surface area contributed by atoms with Crippen molar-refractivity contribution in [3.05, 3.63) is 65.8 Å². The normalized spacial score (nSPS) is 19.2. The predicted molar refractivity (Wildman–Crippen MR) is 105 cm³/mol. The number of nitrogens with one attached hydrogen (secondary N) is 1. The molecule has 7 heteroatoms. The number of para-hydroxylation sites is 1. The molecule has 2 N–H and O–H groups in total. The van der Waals surface area contributed by atoms with Crippen LogP contribution in [0.1, 0.15) is 17.4 Å². The van der Waals surface area contributed by atoms with Crippen molar-refractivity contribution in [2.75, 3.05) is 27.2 Å². The Morgan fingerprint density at radius 1 is 1.21 bits per heavy atom. The largest absolute Gasteiger partial charge is 0.507 e. The molecule has 0 saturated carbocycles. The summed E-state index contributed by atoms with van der Waals surface area (Å²) >= 11 is 0. The van der Waals surface area contributed by atoms with Crippen molar-refractivity contribution in [2.24, 2.45) is 0 Å². The lowest BCUT2D eigenvalue weighted by molar-refractivity contribution is -0.140. The molecule has 0 spiro atoms. The number of ketones is 1. The van der Waals surface area contributed by atoms with E-state index in [2.05, 4.69) is 4.98 Å². The summed E-state index contributed by atoms with van der Waals surface area (Å²) in [5.74, 6) is -1.10. The molecule has 1 aromatic carbocycles. The molecular formula is C21H21N3O4. The van der Waals surface area contributed by atoms with Gasteiger partial charge in [0.15, 0.2) is 0 Å². The molecule has 144 valence electrons. The van der Waals surface area contributed by atoms with Crippen molar-refractivity contribution < 1.29 is 19.1 Å². The Kier molecular flexibility index (Phi) is 4.52. The van der Waals surface area contributed by atoms with Crippen LogP contribution in [0.15, 0.2) is 58.8 Å². The fourth-order valence-electron chi connectivity index (χ4n) is 3.57. The first-order chi connectivity index (χ1) is 13.5. The van der Waals surface area contributed by atoms with Gasteiger partial charge in [-0.2, -0.15) is 0 Å². The topological polar surface area (TPSA) is 89.8 Å². The third-order valence-electron chi connectivity index (χ3n) is 4.99. The van der Waals surface area contributed by atoms with E-state index in [4.69, 9.17) is 4.42 Å². The van der Waals surface area contributed by atoms with Crippen LogP contribution in [0.3, 0.4) is 0 Å². The van der Waals surface area contributed by atoms with Crippen LogP contribution in [-0.4, -0.2) is 58.8 Å². The van der Waals surface area contributed by atoms with E-state index in [9.17, 15) is 14.7 Å². The Morgan fingerprint density at radius 2 is 2.00 bits per heavy atom. The first-order valence-corrected chi connectivity index (χ1v) is 9.02. The molecule has 1 fully saturated rings. The zero-order valence-electron chi connectivity index (χ0n) is 15.7. The highest BCUT2D eigenvalue weighted by Gasteiger charge is 2.47. The van der Waals surface area contributed by atoms with Gasteiger partial charge in [-0.1, -0.05) is 18.2 Å². The van der Waals surface area contributed by atoms with Crippen molar-refractivity contribution in [1.29, 1.82) is 0 Å². The number of amides is 1. The highest BCUT2D eigenvalue weighted by Crippen LogP contribution is 2.40. The molecule has 3 heterocycles. The average Bonchev–Trinajstić information content (AvgIpc) is 3.39.